The maximum Gasteiger partial charge on any atom is 0.343 e. The van der Waals surface area contributed by atoms with Gasteiger partial charge in [0.05, 0.1) is 5.56 Å². The van der Waals surface area contributed by atoms with E-state index in [2.05, 4.69) is 31.2 Å². The summed E-state index contributed by atoms with van der Waals surface area (Å²) in [6, 6.07) is 40.1. The molecule has 47 heavy (non-hydrogen) atoms. The number of rotatable bonds is 9. The zero-order valence-electron chi connectivity index (χ0n) is 28.2. The predicted octanol–water partition coefficient (Wildman–Crippen LogP) is 10.5. The van der Waals surface area contributed by atoms with Gasteiger partial charge in [-0.25, -0.2) is 4.79 Å². The Morgan fingerprint density at radius 1 is 0.468 bits per heavy atom. The minimum absolute atomic E-state index is 0.0728. The standard InChI is InChI=1S/C42H42O5/c1-40(2,3)38(43)29-13-21-34(22-14-29)45-35-23-15-30(16-24-35)39(44)46-36-25-17-32(18-26-36)42(7,31-11-9-8-10-12-31)33-19-27-37(28-20-33)47-41(4,5)6/h8-28H,1-7H3. The molecule has 1 atom stereocenters. The van der Waals surface area contributed by atoms with Crippen LogP contribution in [0.15, 0.2) is 127 Å². The van der Waals surface area contributed by atoms with Gasteiger partial charge in [0.1, 0.15) is 28.6 Å². The summed E-state index contributed by atoms with van der Waals surface area (Å²) in [5.74, 6) is 2.05. The molecule has 0 aliphatic carbocycles. The minimum Gasteiger partial charge on any atom is -0.488 e. The van der Waals surface area contributed by atoms with Crippen molar-refractivity contribution in [2.75, 3.05) is 0 Å². The molecule has 5 heteroatoms. The fourth-order valence-electron chi connectivity index (χ4n) is 5.41. The van der Waals surface area contributed by atoms with Crippen molar-refractivity contribution in [1.82, 2.24) is 0 Å². The zero-order chi connectivity index (χ0) is 33.8. The van der Waals surface area contributed by atoms with Crippen molar-refractivity contribution >= 4 is 11.8 Å². The number of ether oxygens (including phenoxy) is 3. The lowest BCUT2D eigenvalue weighted by atomic mass is 9.71. The van der Waals surface area contributed by atoms with Crippen LogP contribution < -0.4 is 14.2 Å². The van der Waals surface area contributed by atoms with Gasteiger partial charge in [0, 0.05) is 16.4 Å². The number of carbonyl (C=O) groups excluding carboxylic acids is 2. The van der Waals surface area contributed by atoms with E-state index in [0.29, 0.717) is 28.4 Å². The highest BCUT2D eigenvalue weighted by Crippen LogP contribution is 2.40. The lowest BCUT2D eigenvalue weighted by Crippen LogP contribution is -2.26. The van der Waals surface area contributed by atoms with E-state index in [1.807, 2.05) is 96.1 Å². The zero-order valence-corrected chi connectivity index (χ0v) is 28.2. The third-order valence-corrected chi connectivity index (χ3v) is 7.97. The van der Waals surface area contributed by atoms with Crippen LogP contribution in [0.3, 0.4) is 0 Å². The van der Waals surface area contributed by atoms with Crippen molar-refractivity contribution in [2.24, 2.45) is 5.41 Å². The number of esters is 1. The van der Waals surface area contributed by atoms with Crippen LogP contribution in [0.1, 0.15) is 85.9 Å². The van der Waals surface area contributed by atoms with Crippen LogP contribution in [0, 0.1) is 5.41 Å². The quantitative estimate of drug-likeness (QED) is 0.0705. The Kier molecular flexibility index (Phi) is 9.39. The van der Waals surface area contributed by atoms with Crippen LogP contribution in [-0.4, -0.2) is 17.4 Å². The van der Waals surface area contributed by atoms with Gasteiger partial charge >= 0.3 is 5.97 Å². The number of Topliss-reactive ketones (excluding diaryl/α,β-unsaturated/α-hetero) is 1. The Morgan fingerprint density at radius 3 is 1.36 bits per heavy atom. The molecule has 0 N–H and O–H groups in total. The summed E-state index contributed by atoms with van der Waals surface area (Å²) in [5.41, 5.74) is 3.17. The van der Waals surface area contributed by atoms with E-state index in [9.17, 15) is 9.59 Å². The molecule has 0 saturated heterocycles. The van der Waals surface area contributed by atoms with E-state index in [4.69, 9.17) is 14.2 Å². The molecule has 0 aromatic heterocycles. The molecule has 0 bridgehead atoms. The van der Waals surface area contributed by atoms with Gasteiger partial charge in [-0.05, 0) is 117 Å². The van der Waals surface area contributed by atoms with E-state index in [1.165, 1.54) is 0 Å². The smallest absolute Gasteiger partial charge is 0.343 e. The van der Waals surface area contributed by atoms with Crippen molar-refractivity contribution < 1.29 is 23.8 Å². The topological polar surface area (TPSA) is 61.8 Å². The molecule has 0 aliphatic rings. The third-order valence-electron chi connectivity index (χ3n) is 7.97. The van der Waals surface area contributed by atoms with Crippen LogP contribution in [0.2, 0.25) is 0 Å². The Bertz CT molecular complexity index is 1810. The molecule has 240 valence electrons. The summed E-state index contributed by atoms with van der Waals surface area (Å²) < 4.78 is 17.7. The maximum atomic E-state index is 13.0. The number of benzene rings is 5. The minimum atomic E-state index is -0.463. The third kappa shape index (κ3) is 7.98. The summed E-state index contributed by atoms with van der Waals surface area (Å²) in [7, 11) is 0. The number of hydrogen-bond donors (Lipinski definition) is 0. The molecular formula is C42H42O5. The lowest BCUT2D eigenvalue weighted by molar-refractivity contribution is 0.0734. The largest absolute Gasteiger partial charge is 0.488 e. The molecule has 0 aliphatic heterocycles. The van der Waals surface area contributed by atoms with Crippen molar-refractivity contribution in [3.05, 3.63) is 155 Å². The van der Waals surface area contributed by atoms with Crippen LogP contribution in [0.4, 0.5) is 0 Å². The molecule has 0 heterocycles. The number of carbonyl (C=O) groups is 2. The highest BCUT2D eigenvalue weighted by molar-refractivity contribution is 5.99. The van der Waals surface area contributed by atoms with Gasteiger partial charge in [0.2, 0.25) is 0 Å². The van der Waals surface area contributed by atoms with Crippen molar-refractivity contribution in [3.63, 3.8) is 0 Å². The normalized spacial score (nSPS) is 12.9. The molecule has 5 aromatic carbocycles. The van der Waals surface area contributed by atoms with E-state index >= 15 is 0 Å². The number of hydrogen-bond acceptors (Lipinski definition) is 5. The Labute approximate surface area is 278 Å². The summed E-state index contributed by atoms with van der Waals surface area (Å²) in [6.45, 7) is 14.0. The summed E-state index contributed by atoms with van der Waals surface area (Å²) in [5, 5.41) is 0. The Balaban J connectivity index is 1.28. The van der Waals surface area contributed by atoms with E-state index in [1.54, 1.807) is 48.5 Å². The first-order valence-corrected chi connectivity index (χ1v) is 15.8. The van der Waals surface area contributed by atoms with E-state index in [-0.39, 0.29) is 11.4 Å². The second kappa shape index (κ2) is 13.3. The van der Waals surface area contributed by atoms with Gasteiger partial charge in [0.25, 0.3) is 0 Å². The Morgan fingerprint density at radius 2 is 0.894 bits per heavy atom. The van der Waals surface area contributed by atoms with Gasteiger partial charge in [-0.1, -0.05) is 75.4 Å². The van der Waals surface area contributed by atoms with Crippen LogP contribution in [0.5, 0.6) is 23.0 Å². The first-order chi connectivity index (χ1) is 22.2. The first-order valence-electron chi connectivity index (χ1n) is 15.8. The highest BCUT2D eigenvalue weighted by Gasteiger charge is 2.31. The molecule has 5 rings (SSSR count). The van der Waals surface area contributed by atoms with Gasteiger partial charge in [-0.15, -0.1) is 0 Å². The maximum absolute atomic E-state index is 13.0. The van der Waals surface area contributed by atoms with Crippen molar-refractivity contribution in [1.29, 1.82) is 0 Å². The average Bonchev–Trinajstić information content (AvgIpc) is 3.05. The van der Waals surface area contributed by atoms with E-state index in [0.717, 1.165) is 22.4 Å². The van der Waals surface area contributed by atoms with E-state index < -0.39 is 16.8 Å². The highest BCUT2D eigenvalue weighted by atomic mass is 16.5. The second-order valence-corrected chi connectivity index (χ2v) is 13.9. The molecule has 0 radical (unpaired) electrons. The van der Waals surface area contributed by atoms with Gasteiger partial charge in [-0.2, -0.15) is 0 Å². The molecule has 5 aromatic rings. The van der Waals surface area contributed by atoms with Crippen LogP contribution in [-0.2, 0) is 5.41 Å². The van der Waals surface area contributed by atoms with Gasteiger partial charge in [0.15, 0.2) is 5.78 Å². The van der Waals surface area contributed by atoms with Crippen LogP contribution >= 0.6 is 0 Å². The van der Waals surface area contributed by atoms with Gasteiger partial charge in [-0.3, -0.25) is 4.79 Å². The molecule has 5 nitrogen and oxygen atoms in total. The molecule has 0 saturated carbocycles. The molecule has 0 spiro atoms. The Hall–Kier alpha value is -5.16. The molecule has 0 fully saturated rings. The fraction of sp³-hybridized carbons (Fsp3) is 0.238. The molecular weight excluding hydrogens is 584 g/mol. The molecule has 0 amide bonds. The SMILES string of the molecule is CC(C)(C)Oc1ccc(C(C)(c2ccccc2)c2ccc(OC(=O)c3ccc(Oc4ccc(C(=O)C(C)(C)C)cc4)cc3)cc2)cc1. The monoisotopic (exact) mass is 626 g/mol. The summed E-state index contributed by atoms with van der Waals surface area (Å²) in [6.07, 6.45) is 0. The van der Waals surface area contributed by atoms with Gasteiger partial charge < -0.3 is 14.2 Å². The lowest BCUT2D eigenvalue weighted by Gasteiger charge is -2.32. The van der Waals surface area contributed by atoms with Crippen molar-refractivity contribution in [3.8, 4) is 23.0 Å². The van der Waals surface area contributed by atoms with Crippen LogP contribution in [0.25, 0.3) is 0 Å². The summed E-state index contributed by atoms with van der Waals surface area (Å²) in [4.78, 5) is 25.5. The van der Waals surface area contributed by atoms with Crippen molar-refractivity contribution in [2.45, 2.75) is 59.5 Å². The second-order valence-electron chi connectivity index (χ2n) is 13.9. The number of ketones is 1. The fourth-order valence-corrected chi connectivity index (χ4v) is 5.41. The first kappa shape index (κ1) is 33.2. The average molecular weight is 627 g/mol. The molecule has 1 unspecified atom stereocenters. The summed E-state index contributed by atoms with van der Waals surface area (Å²) >= 11 is 0. The predicted molar refractivity (Wildman–Crippen MR) is 187 cm³/mol.